The Morgan fingerprint density at radius 2 is 1.50 bits per heavy atom. The number of benzene rings is 2. The lowest BCUT2D eigenvalue weighted by atomic mass is 10.0. The Balaban J connectivity index is 1.53. The first-order valence-electron chi connectivity index (χ1n) is 12.7. The largest absolute Gasteiger partial charge is 0.480 e. The number of aromatic nitrogens is 3. The SMILES string of the molecule is NCC(=O)NC(Cc1ccccc1)C(=O)NC(Cc1cnc[nH]1)C(=O)NC(Cc1c[nH]c2ccccc12)C(=O)O. The summed E-state index contributed by atoms with van der Waals surface area (Å²) in [6.07, 6.45) is 4.85. The van der Waals surface area contributed by atoms with Crippen LogP contribution in [0.1, 0.15) is 16.8 Å². The predicted molar refractivity (Wildman–Crippen MR) is 147 cm³/mol. The minimum absolute atomic E-state index is 0.0138. The summed E-state index contributed by atoms with van der Waals surface area (Å²) >= 11 is 0. The molecule has 2 heterocycles. The number of nitrogens with one attached hydrogen (secondary N) is 5. The van der Waals surface area contributed by atoms with Crippen molar-refractivity contribution in [1.29, 1.82) is 0 Å². The summed E-state index contributed by atoms with van der Waals surface area (Å²) in [7, 11) is 0. The molecule has 0 saturated carbocycles. The number of carbonyl (C=O) groups excluding carboxylic acids is 3. The lowest BCUT2D eigenvalue weighted by Crippen LogP contribution is -2.57. The molecule has 0 fully saturated rings. The number of para-hydroxylation sites is 1. The molecule has 208 valence electrons. The summed E-state index contributed by atoms with van der Waals surface area (Å²) in [5, 5.41) is 18.6. The molecule has 3 unspecified atom stereocenters. The van der Waals surface area contributed by atoms with E-state index < -0.39 is 41.8 Å². The highest BCUT2D eigenvalue weighted by Gasteiger charge is 2.30. The van der Waals surface area contributed by atoms with E-state index >= 15 is 0 Å². The van der Waals surface area contributed by atoms with Gasteiger partial charge in [-0.1, -0.05) is 48.5 Å². The van der Waals surface area contributed by atoms with Gasteiger partial charge in [-0.25, -0.2) is 9.78 Å². The van der Waals surface area contributed by atoms with Crippen LogP contribution in [0.3, 0.4) is 0 Å². The summed E-state index contributed by atoms with van der Waals surface area (Å²) in [4.78, 5) is 61.0. The summed E-state index contributed by atoms with van der Waals surface area (Å²) in [5.74, 6) is -3.06. The molecule has 3 atom stereocenters. The van der Waals surface area contributed by atoms with Crippen molar-refractivity contribution in [1.82, 2.24) is 30.9 Å². The first-order chi connectivity index (χ1) is 19.3. The lowest BCUT2D eigenvalue weighted by molar-refractivity contribution is -0.142. The average Bonchev–Trinajstić information content (AvgIpc) is 3.62. The van der Waals surface area contributed by atoms with Gasteiger partial charge in [0.05, 0.1) is 12.9 Å². The van der Waals surface area contributed by atoms with Gasteiger partial charge in [-0.05, 0) is 17.2 Å². The van der Waals surface area contributed by atoms with Crippen LogP contribution in [0, 0.1) is 0 Å². The van der Waals surface area contributed by atoms with E-state index in [1.54, 1.807) is 6.20 Å². The molecular formula is C28H31N7O5. The maximum absolute atomic E-state index is 13.4. The molecule has 4 aromatic rings. The molecule has 3 amide bonds. The van der Waals surface area contributed by atoms with E-state index in [9.17, 15) is 24.3 Å². The van der Waals surface area contributed by atoms with E-state index in [2.05, 4.69) is 30.9 Å². The third-order valence-corrected chi connectivity index (χ3v) is 6.45. The normalized spacial score (nSPS) is 13.2. The zero-order chi connectivity index (χ0) is 28.5. The third-order valence-electron chi connectivity index (χ3n) is 6.45. The Labute approximate surface area is 229 Å². The van der Waals surface area contributed by atoms with Gasteiger partial charge in [0.2, 0.25) is 17.7 Å². The second-order valence-electron chi connectivity index (χ2n) is 9.32. The van der Waals surface area contributed by atoms with Crippen molar-refractivity contribution in [2.75, 3.05) is 6.54 Å². The van der Waals surface area contributed by atoms with Gasteiger partial charge in [0.15, 0.2) is 0 Å². The highest BCUT2D eigenvalue weighted by atomic mass is 16.4. The number of hydrogen-bond acceptors (Lipinski definition) is 6. The second kappa shape index (κ2) is 13.2. The zero-order valence-corrected chi connectivity index (χ0v) is 21.6. The molecule has 0 aliphatic rings. The molecule has 40 heavy (non-hydrogen) atoms. The van der Waals surface area contributed by atoms with Crippen molar-refractivity contribution in [3.05, 3.63) is 90.1 Å². The quantitative estimate of drug-likeness (QED) is 0.126. The van der Waals surface area contributed by atoms with Crippen LogP contribution >= 0.6 is 0 Å². The van der Waals surface area contributed by atoms with Crippen molar-refractivity contribution in [3.8, 4) is 0 Å². The van der Waals surface area contributed by atoms with Crippen LogP contribution in [-0.4, -0.2) is 68.4 Å². The highest BCUT2D eigenvalue weighted by Crippen LogP contribution is 2.19. The number of H-pyrrole nitrogens is 2. The summed E-state index contributed by atoms with van der Waals surface area (Å²) in [5.41, 5.74) is 8.37. The Morgan fingerprint density at radius 3 is 2.17 bits per heavy atom. The first-order valence-corrected chi connectivity index (χ1v) is 12.7. The molecule has 0 aliphatic carbocycles. The number of hydrogen-bond donors (Lipinski definition) is 7. The van der Waals surface area contributed by atoms with Crippen LogP contribution in [-0.2, 0) is 38.4 Å². The Hall–Kier alpha value is -4.97. The zero-order valence-electron chi connectivity index (χ0n) is 21.6. The van der Waals surface area contributed by atoms with E-state index in [4.69, 9.17) is 5.73 Å². The topological polar surface area (TPSA) is 195 Å². The minimum atomic E-state index is -1.26. The van der Waals surface area contributed by atoms with Gasteiger partial charge in [0, 0.05) is 48.3 Å². The number of fused-ring (bicyclic) bond motifs is 1. The van der Waals surface area contributed by atoms with Crippen LogP contribution in [0.2, 0.25) is 0 Å². The molecule has 0 saturated heterocycles. The van der Waals surface area contributed by atoms with Crippen LogP contribution in [0.4, 0.5) is 0 Å². The van der Waals surface area contributed by atoms with Gasteiger partial charge < -0.3 is 36.8 Å². The molecule has 0 aliphatic heterocycles. The minimum Gasteiger partial charge on any atom is -0.480 e. The molecule has 4 rings (SSSR count). The number of rotatable bonds is 13. The van der Waals surface area contributed by atoms with Gasteiger partial charge in [0.1, 0.15) is 18.1 Å². The summed E-state index contributed by atoms with van der Waals surface area (Å²) in [6, 6.07) is 13.1. The van der Waals surface area contributed by atoms with Crippen LogP contribution in [0.25, 0.3) is 10.9 Å². The number of amides is 3. The fourth-order valence-corrected chi connectivity index (χ4v) is 4.40. The molecule has 2 aromatic heterocycles. The summed E-state index contributed by atoms with van der Waals surface area (Å²) < 4.78 is 0. The van der Waals surface area contributed by atoms with E-state index in [-0.39, 0.29) is 25.8 Å². The van der Waals surface area contributed by atoms with Gasteiger partial charge in [-0.15, -0.1) is 0 Å². The maximum atomic E-state index is 13.4. The van der Waals surface area contributed by atoms with Crippen molar-refractivity contribution in [3.63, 3.8) is 0 Å². The molecule has 0 radical (unpaired) electrons. The van der Waals surface area contributed by atoms with Crippen molar-refractivity contribution in [2.24, 2.45) is 5.73 Å². The molecule has 8 N–H and O–H groups in total. The number of aromatic amines is 2. The molecule has 12 nitrogen and oxygen atoms in total. The number of nitrogens with zero attached hydrogens (tertiary/aromatic N) is 1. The molecule has 0 spiro atoms. The highest BCUT2D eigenvalue weighted by molar-refractivity contribution is 5.94. The Kier molecular flexibility index (Phi) is 9.26. The average molecular weight is 546 g/mol. The second-order valence-corrected chi connectivity index (χ2v) is 9.32. The van der Waals surface area contributed by atoms with Gasteiger partial charge >= 0.3 is 5.97 Å². The van der Waals surface area contributed by atoms with Crippen molar-refractivity contribution < 1.29 is 24.3 Å². The molecular weight excluding hydrogens is 514 g/mol. The van der Waals surface area contributed by atoms with Crippen LogP contribution in [0.15, 0.2) is 73.3 Å². The Morgan fingerprint density at radius 1 is 0.825 bits per heavy atom. The Bertz CT molecular complexity index is 1450. The van der Waals surface area contributed by atoms with Gasteiger partial charge in [-0.2, -0.15) is 0 Å². The number of nitrogens with two attached hydrogens (primary N) is 1. The van der Waals surface area contributed by atoms with Crippen LogP contribution in [0.5, 0.6) is 0 Å². The van der Waals surface area contributed by atoms with Gasteiger partial charge in [-0.3, -0.25) is 14.4 Å². The molecule has 12 heteroatoms. The van der Waals surface area contributed by atoms with Crippen LogP contribution < -0.4 is 21.7 Å². The monoisotopic (exact) mass is 545 g/mol. The van der Waals surface area contributed by atoms with E-state index in [1.807, 2.05) is 54.6 Å². The standard InChI is InChI=1S/C28H31N7O5/c29-13-25(36)33-22(10-17-6-2-1-3-7-17)26(37)34-23(12-19-15-30-16-32-19)27(38)35-24(28(39)40)11-18-14-31-21-9-5-4-8-20(18)21/h1-9,14-16,22-24,31H,10-13,29H2,(H,30,32)(H,33,36)(H,34,37)(H,35,38)(H,39,40). The number of carboxylic acids is 1. The number of imidazole rings is 1. The number of carboxylic acid groups (broad SMARTS) is 1. The lowest BCUT2D eigenvalue weighted by Gasteiger charge is -2.24. The van der Waals surface area contributed by atoms with Crippen molar-refractivity contribution in [2.45, 2.75) is 37.4 Å². The molecule has 0 bridgehead atoms. The van der Waals surface area contributed by atoms with E-state index in [0.717, 1.165) is 22.0 Å². The summed E-state index contributed by atoms with van der Waals surface area (Å²) in [6.45, 7) is -0.315. The maximum Gasteiger partial charge on any atom is 0.326 e. The predicted octanol–water partition coefficient (Wildman–Crippen LogP) is 0.417. The van der Waals surface area contributed by atoms with E-state index in [0.29, 0.717) is 5.69 Å². The fourth-order valence-electron chi connectivity index (χ4n) is 4.40. The number of carbonyl (C=O) groups is 4. The number of aliphatic carboxylic acids is 1. The van der Waals surface area contributed by atoms with E-state index in [1.165, 1.54) is 12.5 Å². The van der Waals surface area contributed by atoms with Gasteiger partial charge in [0.25, 0.3) is 0 Å². The fraction of sp³-hybridized carbons (Fsp3) is 0.250. The first kappa shape index (κ1) is 28.0. The third kappa shape index (κ3) is 7.32. The van der Waals surface area contributed by atoms with Crippen molar-refractivity contribution >= 4 is 34.6 Å². The smallest absolute Gasteiger partial charge is 0.326 e. The molecule has 2 aromatic carbocycles.